The van der Waals surface area contributed by atoms with Gasteiger partial charge in [0, 0.05) is 25.1 Å². The number of hydrogen-bond acceptors (Lipinski definition) is 3. The van der Waals surface area contributed by atoms with Gasteiger partial charge in [-0.1, -0.05) is 0 Å². The molecule has 96 valence electrons. The van der Waals surface area contributed by atoms with Gasteiger partial charge in [0.1, 0.15) is 5.75 Å². The van der Waals surface area contributed by atoms with E-state index < -0.39 is 0 Å². The molecule has 1 heterocycles. The highest BCUT2D eigenvalue weighted by atomic mass is 16.5. The molecule has 1 aromatic carbocycles. The summed E-state index contributed by atoms with van der Waals surface area (Å²) in [6.45, 7) is 2.11. The van der Waals surface area contributed by atoms with E-state index in [4.69, 9.17) is 10.6 Å². The molecule has 0 aliphatic rings. The highest BCUT2D eigenvalue weighted by Crippen LogP contribution is 2.24. The minimum atomic E-state index is -0.0240. The molecule has 0 saturated carbocycles. The number of nitrogens with one attached hydrogen (secondary N) is 1. The average Bonchev–Trinajstić information content (AvgIpc) is 2.65. The van der Waals surface area contributed by atoms with Gasteiger partial charge in [0.2, 0.25) is 5.91 Å². The minimum absolute atomic E-state index is 0.0240. The first-order valence-corrected chi connectivity index (χ1v) is 5.79. The molecule has 0 saturated heterocycles. The number of amides is 1. The fourth-order valence-electron chi connectivity index (χ4n) is 2.00. The summed E-state index contributed by atoms with van der Waals surface area (Å²) in [7, 11) is 1.64. The summed E-state index contributed by atoms with van der Waals surface area (Å²) in [5.74, 6) is 6.67. The summed E-state index contributed by atoms with van der Waals surface area (Å²) in [6.07, 6.45) is 2.62. The smallest absolute Gasteiger partial charge is 0.216 e. The Bertz CT molecular complexity index is 575. The number of ether oxygens (including phenoxy) is 1. The number of rotatable bonds is 4. The molecule has 5 heteroatoms. The lowest BCUT2D eigenvalue weighted by atomic mass is 10.1. The highest BCUT2D eigenvalue weighted by molar-refractivity contribution is 5.85. The van der Waals surface area contributed by atoms with Crippen LogP contribution < -0.4 is 15.9 Å². The van der Waals surface area contributed by atoms with Gasteiger partial charge in [-0.3, -0.25) is 9.47 Å². The number of aromatic nitrogens is 1. The highest BCUT2D eigenvalue weighted by Gasteiger charge is 2.08. The molecule has 0 radical (unpaired) electrons. The number of methoxy groups -OCH3 is 1. The Morgan fingerprint density at radius 2 is 2.28 bits per heavy atom. The Kier molecular flexibility index (Phi) is 3.41. The lowest BCUT2D eigenvalue weighted by molar-refractivity contribution is -0.118. The van der Waals surface area contributed by atoms with Gasteiger partial charge in [-0.15, -0.1) is 0 Å². The van der Waals surface area contributed by atoms with Gasteiger partial charge in [0.05, 0.1) is 12.6 Å². The van der Waals surface area contributed by atoms with Crippen molar-refractivity contribution in [2.24, 2.45) is 0 Å². The number of benzene rings is 1. The monoisotopic (exact) mass is 247 g/mol. The first kappa shape index (κ1) is 12.3. The quantitative estimate of drug-likeness (QED) is 0.793. The van der Waals surface area contributed by atoms with Crippen molar-refractivity contribution in [3.63, 3.8) is 0 Å². The Balaban J connectivity index is 2.28. The van der Waals surface area contributed by atoms with Crippen LogP contribution in [-0.4, -0.2) is 24.2 Å². The predicted octanol–water partition coefficient (Wildman–Crippen LogP) is 1.04. The van der Waals surface area contributed by atoms with Crippen LogP contribution >= 0.6 is 0 Å². The van der Waals surface area contributed by atoms with Crippen LogP contribution in [0.1, 0.15) is 12.5 Å². The van der Waals surface area contributed by atoms with E-state index in [9.17, 15) is 4.79 Å². The third-order valence-electron chi connectivity index (χ3n) is 2.89. The molecule has 1 amide bonds. The summed E-state index contributed by atoms with van der Waals surface area (Å²) in [5.41, 5.74) is 2.05. The Hall–Kier alpha value is -2.17. The largest absolute Gasteiger partial charge is 0.497 e. The number of nitrogens with two attached hydrogens (primary N) is 1. The number of nitrogens with zero attached hydrogens (tertiary/aromatic N) is 1. The molecule has 0 unspecified atom stereocenters. The van der Waals surface area contributed by atoms with Gasteiger partial charge in [-0.05, 0) is 30.2 Å². The second-order valence-corrected chi connectivity index (χ2v) is 4.18. The molecule has 5 nitrogen and oxygen atoms in total. The minimum Gasteiger partial charge on any atom is -0.497 e. The Morgan fingerprint density at radius 1 is 1.50 bits per heavy atom. The molecular formula is C13H17N3O2. The maximum Gasteiger partial charge on any atom is 0.216 e. The summed E-state index contributed by atoms with van der Waals surface area (Å²) >= 11 is 0. The molecule has 1 aromatic heterocycles. The fourth-order valence-corrected chi connectivity index (χ4v) is 2.00. The molecule has 3 N–H and O–H groups in total. The second kappa shape index (κ2) is 5.00. The zero-order chi connectivity index (χ0) is 13.1. The second-order valence-electron chi connectivity index (χ2n) is 4.18. The summed E-state index contributed by atoms with van der Waals surface area (Å²) in [6, 6.07) is 5.77. The van der Waals surface area contributed by atoms with E-state index in [1.165, 1.54) is 6.92 Å². The summed E-state index contributed by atoms with van der Waals surface area (Å²) in [5, 5.41) is 3.83. The van der Waals surface area contributed by atoms with Gasteiger partial charge >= 0.3 is 0 Å². The summed E-state index contributed by atoms with van der Waals surface area (Å²) in [4.78, 5) is 10.8. The van der Waals surface area contributed by atoms with Crippen molar-refractivity contribution in [1.82, 2.24) is 9.99 Å². The first-order chi connectivity index (χ1) is 8.61. The topological polar surface area (TPSA) is 69.3 Å². The molecule has 2 rings (SSSR count). The standard InChI is InChI=1S/C13H17N3O2/c1-9(17)15-6-5-10-8-16(14)13-4-3-11(18-2)7-12(10)13/h3-4,7-8H,5-6,14H2,1-2H3,(H,15,17). The molecule has 0 fully saturated rings. The van der Waals surface area contributed by atoms with Crippen molar-refractivity contribution >= 4 is 16.8 Å². The SMILES string of the molecule is COc1ccc2c(c1)c(CCNC(C)=O)cn2N. The molecule has 0 aliphatic heterocycles. The van der Waals surface area contributed by atoms with Crippen LogP contribution in [0.4, 0.5) is 0 Å². The maximum absolute atomic E-state index is 10.8. The van der Waals surface area contributed by atoms with Crippen molar-refractivity contribution in [3.05, 3.63) is 30.0 Å². The van der Waals surface area contributed by atoms with Crippen molar-refractivity contribution in [3.8, 4) is 5.75 Å². The van der Waals surface area contributed by atoms with Gasteiger partial charge in [-0.2, -0.15) is 0 Å². The normalized spacial score (nSPS) is 10.6. The third-order valence-corrected chi connectivity index (χ3v) is 2.89. The molecule has 0 aliphatic carbocycles. The van der Waals surface area contributed by atoms with Crippen LogP contribution in [0.15, 0.2) is 24.4 Å². The van der Waals surface area contributed by atoms with E-state index in [1.807, 2.05) is 24.4 Å². The lowest BCUT2D eigenvalue weighted by Crippen LogP contribution is -2.22. The van der Waals surface area contributed by atoms with Crippen LogP contribution in [0.25, 0.3) is 10.9 Å². The predicted molar refractivity (Wildman–Crippen MR) is 71.0 cm³/mol. The maximum atomic E-state index is 10.8. The van der Waals surface area contributed by atoms with E-state index in [1.54, 1.807) is 11.8 Å². The fraction of sp³-hybridized carbons (Fsp3) is 0.308. The molecule has 0 atom stereocenters. The molecule has 2 aromatic rings. The van der Waals surface area contributed by atoms with Crippen LogP contribution in [-0.2, 0) is 11.2 Å². The Labute approximate surface area is 105 Å². The van der Waals surface area contributed by atoms with Crippen LogP contribution in [0.2, 0.25) is 0 Å². The van der Waals surface area contributed by atoms with Crippen molar-refractivity contribution in [2.45, 2.75) is 13.3 Å². The number of carbonyl (C=O) groups excluding carboxylic acids is 1. The van der Waals surface area contributed by atoms with E-state index >= 15 is 0 Å². The molecule has 18 heavy (non-hydrogen) atoms. The van der Waals surface area contributed by atoms with E-state index in [0.29, 0.717) is 6.54 Å². The zero-order valence-corrected chi connectivity index (χ0v) is 10.6. The summed E-state index contributed by atoms with van der Waals surface area (Å²) < 4.78 is 6.80. The molecule has 0 spiro atoms. The van der Waals surface area contributed by atoms with E-state index in [-0.39, 0.29) is 5.91 Å². The lowest BCUT2D eigenvalue weighted by Gasteiger charge is -2.03. The molecule has 0 bridgehead atoms. The zero-order valence-electron chi connectivity index (χ0n) is 10.6. The first-order valence-electron chi connectivity index (χ1n) is 5.79. The van der Waals surface area contributed by atoms with Gasteiger partial charge in [0.15, 0.2) is 0 Å². The van der Waals surface area contributed by atoms with Crippen LogP contribution in [0.5, 0.6) is 5.75 Å². The average molecular weight is 247 g/mol. The van der Waals surface area contributed by atoms with Gasteiger partial charge in [-0.25, -0.2) is 0 Å². The molecular weight excluding hydrogens is 230 g/mol. The van der Waals surface area contributed by atoms with Crippen molar-refractivity contribution < 1.29 is 9.53 Å². The van der Waals surface area contributed by atoms with Crippen LogP contribution in [0, 0.1) is 0 Å². The number of hydrogen-bond donors (Lipinski definition) is 2. The van der Waals surface area contributed by atoms with Crippen molar-refractivity contribution in [2.75, 3.05) is 19.5 Å². The Morgan fingerprint density at radius 3 is 2.94 bits per heavy atom. The number of fused-ring (bicyclic) bond motifs is 1. The third kappa shape index (κ3) is 2.40. The van der Waals surface area contributed by atoms with Crippen LogP contribution in [0.3, 0.4) is 0 Å². The van der Waals surface area contributed by atoms with E-state index in [0.717, 1.165) is 28.6 Å². The van der Waals surface area contributed by atoms with Gasteiger partial charge in [0.25, 0.3) is 0 Å². The van der Waals surface area contributed by atoms with E-state index in [2.05, 4.69) is 5.32 Å². The van der Waals surface area contributed by atoms with Gasteiger partial charge < -0.3 is 15.9 Å². The number of carbonyl (C=O) groups is 1. The van der Waals surface area contributed by atoms with Crippen molar-refractivity contribution in [1.29, 1.82) is 0 Å². The number of nitrogen functional groups attached to an aromatic ring is 1.